The molecule has 3 rings (SSSR count). The quantitative estimate of drug-likeness (QED) is 0.731. The number of carbonyl (C=O) groups excluding carboxylic acids is 1. The number of benzene rings is 2. The Morgan fingerprint density at radius 2 is 1.80 bits per heavy atom. The highest BCUT2D eigenvalue weighted by atomic mass is 35.5. The Labute approximate surface area is 144 Å². The molecule has 0 atom stereocenters. The van der Waals surface area contributed by atoms with Crippen LogP contribution in [-0.4, -0.2) is 16.1 Å². The number of hydrogen-bond acceptors (Lipinski definition) is 4. The lowest BCUT2D eigenvalue weighted by molar-refractivity contribution is -0.136. The van der Waals surface area contributed by atoms with Crippen molar-refractivity contribution in [1.29, 1.82) is 0 Å². The molecule has 0 fully saturated rings. The zero-order chi connectivity index (χ0) is 18.0. The van der Waals surface area contributed by atoms with Gasteiger partial charge in [0.1, 0.15) is 0 Å². The van der Waals surface area contributed by atoms with Crippen molar-refractivity contribution in [1.82, 2.24) is 10.2 Å². The maximum atomic E-state index is 13.0. The van der Waals surface area contributed by atoms with Gasteiger partial charge in [0.15, 0.2) is 0 Å². The summed E-state index contributed by atoms with van der Waals surface area (Å²) in [7, 11) is 0. The summed E-state index contributed by atoms with van der Waals surface area (Å²) in [6.45, 7) is 0. The molecule has 128 valence electrons. The Balaban J connectivity index is 1.86. The maximum Gasteiger partial charge on any atom is 0.418 e. The maximum absolute atomic E-state index is 13.0. The Bertz CT molecular complexity index is 910. The van der Waals surface area contributed by atoms with Crippen LogP contribution in [0.25, 0.3) is 11.5 Å². The highest BCUT2D eigenvalue weighted by Gasteiger charge is 2.34. The lowest BCUT2D eigenvalue weighted by Gasteiger charge is -2.13. The van der Waals surface area contributed by atoms with E-state index in [9.17, 15) is 18.0 Å². The van der Waals surface area contributed by atoms with Gasteiger partial charge in [-0.3, -0.25) is 4.79 Å². The Hall–Kier alpha value is -2.87. The van der Waals surface area contributed by atoms with Crippen LogP contribution in [0.2, 0.25) is 5.02 Å². The molecule has 0 saturated heterocycles. The fraction of sp³-hybridized carbons (Fsp3) is 0.0625. The lowest BCUT2D eigenvalue weighted by atomic mass is 10.1. The van der Waals surface area contributed by atoms with Gasteiger partial charge in [0.25, 0.3) is 0 Å². The standard InChI is InChI=1S/C16H9ClF3N3O2/c17-10-6-7-12(11(8-10)16(18,19)20)21-13(24)15-23-22-14(25-15)9-4-2-1-3-5-9/h1-8H,(H,21,24). The van der Waals surface area contributed by atoms with E-state index in [0.29, 0.717) is 5.56 Å². The molecule has 0 aliphatic rings. The average molecular weight is 368 g/mol. The number of halogens is 4. The highest BCUT2D eigenvalue weighted by molar-refractivity contribution is 6.30. The van der Waals surface area contributed by atoms with Gasteiger partial charge in [-0.1, -0.05) is 29.8 Å². The average Bonchev–Trinajstić information content (AvgIpc) is 3.06. The molecule has 0 unspecified atom stereocenters. The number of amides is 1. The summed E-state index contributed by atoms with van der Waals surface area (Å²) in [5.74, 6) is -1.33. The van der Waals surface area contributed by atoms with E-state index in [1.165, 1.54) is 6.07 Å². The predicted octanol–water partition coefficient (Wildman–Crippen LogP) is 4.66. The smallest absolute Gasteiger partial charge is 0.412 e. The molecule has 0 spiro atoms. The topological polar surface area (TPSA) is 68.0 Å². The van der Waals surface area contributed by atoms with E-state index in [1.807, 2.05) is 0 Å². The van der Waals surface area contributed by atoms with Gasteiger partial charge in [0.05, 0.1) is 11.3 Å². The van der Waals surface area contributed by atoms with Crippen molar-refractivity contribution in [3.8, 4) is 11.5 Å². The molecule has 2 aromatic carbocycles. The Kier molecular flexibility index (Phi) is 4.45. The van der Waals surface area contributed by atoms with Crippen LogP contribution in [0.1, 0.15) is 16.2 Å². The molecule has 0 radical (unpaired) electrons. The van der Waals surface area contributed by atoms with Gasteiger partial charge in [0.2, 0.25) is 5.89 Å². The first kappa shape index (κ1) is 17.0. The molecule has 0 aliphatic carbocycles. The second-order valence-corrected chi connectivity index (χ2v) is 5.36. The zero-order valence-electron chi connectivity index (χ0n) is 12.3. The number of carbonyl (C=O) groups is 1. The van der Waals surface area contributed by atoms with Gasteiger partial charge in [-0.25, -0.2) is 0 Å². The van der Waals surface area contributed by atoms with E-state index >= 15 is 0 Å². The Morgan fingerprint density at radius 3 is 2.48 bits per heavy atom. The molecular weight excluding hydrogens is 359 g/mol. The predicted molar refractivity (Wildman–Crippen MR) is 84.1 cm³/mol. The number of alkyl halides is 3. The third-order valence-corrected chi connectivity index (χ3v) is 3.41. The second-order valence-electron chi connectivity index (χ2n) is 4.92. The van der Waals surface area contributed by atoms with E-state index in [0.717, 1.165) is 12.1 Å². The fourth-order valence-electron chi connectivity index (χ4n) is 2.05. The summed E-state index contributed by atoms with van der Waals surface area (Å²) in [6, 6.07) is 11.7. The zero-order valence-corrected chi connectivity index (χ0v) is 13.1. The van der Waals surface area contributed by atoms with Crippen LogP contribution < -0.4 is 5.32 Å². The van der Waals surface area contributed by atoms with Crippen molar-refractivity contribution in [2.75, 3.05) is 5.32 Å². The van der Waals surface area contributed by atoms with E-state index in [4.69, 9.17) is 16.0 Å². The summed E-state index contributed by atoms with van der Waals surface area (Å²) >= 11 is 5.59. The molecule has 0 bridgehead atoms. The molecule has 3 aromatic rings. The van der Waals surface area contributed by atoms with Crippen molar-refractivity contribution in [3.05, 3.63) is 65.0 Å². The first-order valence-electron chi connectivity index (χ1n) is 6.91. The van der Waals surface area contributed by atoms with Gasteiger partial charge < -0.3 is 9.73 Å². The lowest BCUT2D eigenvalue weighted by Crippen LogP contribution is -2.17. The van der Waals surface area contributed by atoms with Gasteiger partial charge in [-0.2, -0.15) is 13.2 Å². The highest BCUT2D eigenvalue weighted by Crippen LogP contribution is 2.36. The molecule has 5 nitrogen and oxygen atoms in total. The van der Waals surface area contributed by atoms with Gasteiger partial charge >= 0.3 is 18.0 Å². The van der Waals surface area contributed by atoms with Gasteiger partial charge in [-0.05, 0) is 30.3 Å². The number of nitrogens with one attached hydrogen (secondary N) is 1. The summed E-state index contributed by atoms with van der Waals surface area (Å²) < 4.78 is 44.3. The number of anilines is 1. The van der Waals surface area contributed by atoms with Crippen LogP contribution in [-0.2, 0) is 6.18 Å². The third kappa shape index (κ3) is 3.80. The molecular formula is C16H9ClF3N3O2. The van der Waals surface area contributed by atoms with Crippen molar-refractivity contribution in [2.24, 2.45) is 0 Å². The number of nitrogens with zero attached hydrogens (tertiary/aromatic N) is 2. The van der Waals surface area contributed by atoms with Crippen LogP contribution in [0.4, 0.5) is 18.9 Å². The van der Waals surface area contributed by atoms with Crippen molar-refractivity contribution in [3.63, 3.8) is 0 Å². The van der Waals surface area contributed by atoms with Crippen molar-refractivity contribution >= 4 is 23.2 Å². The molecule has 0 saturated carbocycles. The van der Waals surface area contributed by atoms with Crippen LogP contribution in [0.15, 0.2) is 52.9 Å². The number of aromatic nitrogens is 2. The largest absolute Gasteiger partial charge is 0.418 e. The first-order valence-corrected chi connectivity index (χ1v) is 7.29. The SMILES string of the molecule is O=C(Nc1ccc(Cl)cc1C(F)(F)F)c1nnc(-c2ccccc2)o1. The minimum absolute atomic E-state index is 0.0814. The molecule has 9 heteroatoms. The van der Waals surface area contributed by atoms with Gasteiger partial charge in [-0.15, -0.1) is 10.2 Å². The summed E-state index contributed by atoms with van der Waals surface area (Å²) in [4.78, 5) is 12.1. The molecule has 1 aromatic heterocycles. The Morgan fingerprint density at radius 1 is 1.08 bits per heavy atom. The normalized spacial score (nSPS) is 11.4. The molecule has 25 heavy (non-hydrogen) atoms. The molecule has 1 N–H and O–H groups in total. The summed E-state index contributed by atoms with van der Waals surface area (Å²) in [6.07, 6.45) is -4.68. The van der Waals surface area contributed by atoms with E-state index in [2.05, 4.69) is 15.5 Å². The molecule has 1 amide bonds. The minimum Gasteiger partial charge on any atom is -0.412 e. The third-order valence-electron chi connectivity index (χ3n) is 3.18. The van der Waals surface area contributed by atoms with Crippen LogP contribution in [0.5, 0.6) is 0 Å². The first-order chi connectivity index (χ1) is 11.8. The molecule has 1 heterocycles. The van der Waals surface area contributed by atoms with Gasteiger partial charge in [0, 0.05) is 10.6 Å². The van der Waals surface area contributed by atoms with E-state index < -0.39 is 29.2 Å². The fourth-order valence-corrected chi connectivity index (χ4v) is 2.22. The number of hydrogen-bond donors (Lipinski definition) is 1. The molecule has 0 aliphatic heterocycles. The number of rotatable bonds is 3. The van der Waals surface area contributed by atoms with Crippen LogP contribution >= 0.6 is 11.6 Å². The van der Waals surface area contributed by atoms with Crippen molar-refractivity contribution < 1.29 is 22.4 Å². The van der Waals surface area contributed by atoms with E-state index in [-0.39, 0.29) is 10.9 Å². The van der Waals surface area contributed by atoms with E-state index in [1.54, 1.807) is 30.3 Å². The van der Waals surface area contributed by atoms with Crippen molar-refractivity contribution in [2.45, 2.75) is 6.18 Å². The summed E-state index contributed by atoms with van der Waals surface area (Å²) in [5.41, 5.74) is -0.950. The second kappa shape index (κ2) is 6.56. The van der Waals surface area contributed by atoms with Crippen LogP contribution in [0, 0.1) is 0 Å². The minimum atomic E-state index is -4.68. The monoisotopic (exact) mass is 367 g/mol. The summed E-state index contributed by atoms with van der Waals surface area (Å²) in [5, 5.41) is 9.28. The van der Waals surface area contributed by atoms with Crippen LogP contribution in [0.3, 0.4) is 0 Å².